The van der Waals surface area contributed by atoms with Crippen LogP contribution in [-0.4, -0.2) is 10.2 Å². The van der Waals surface area contributed by atoms with Crippen LogP contribution in [0.3, 0.4) is 0 Å². The molecule has 0 bridgehead atoms. The van der Waals surface area contributed by atoms with Crippen LogP contribution in [0.15, 0.2) is 218 Å². The summed E-state index contributed by atoms with van der Waals surface area (Å²) < 4.78 is 19.2. The molecule has 6 nitrogen and oxygen atoms in total. The first kappa shape index (κ1) is 40.3. The number of benzene rings is 9. The van der Waals surface area contributed by atoms with E-state index in [0.717, 1.165) is 88.6 Å². The zero-order valence-corrected chi connectivity index (χ0v) is 38.1. The van der Waals surface area contributed by atoms with Crippen molar-refractivity contribution in [2.45, 2.75) is 0 Å². The molecule has 4 unspecified atom stereocenters. The molecule has 64 heavy (non-hydrogen) atoms. The van der Waals surface area contributed by atoms with Gasteiger partial charge in [0, 0.05) is 72.3 Å². The van der Waals surface area contributed by atoms with Crippen LogP contribution in [0, 0.1) is 0 Å². The van der Waals surface area contributed by atoms with Gasteiger partial charge >= 0.3 is 0 Å². The van der Waals surface area contributed by atoms with Crippen LogP contribution in [0.5, 0.6) is 23.0 Å². The van der Waals surface area contributed by atoms with Gasteiger partial charge in [0.25, 0.3) is 0 Å². The number of fused-ring (bicyclic) bond motifs is 6. The molecule has 0 fully saturated rings. The number of nitrogens with zero attached hydrogens (tertiary/aromatic N) is 2. The molecule has 4 atom stereocenters. The van der Waals surface area contributed by atoms with Crippen LogP contribution in [0.2, 0.25) is 0 Å². The van der Waals surface area contributed by atoms with E-state index in [-0.39, 0.29) is 29.0 Å². The average molecular weight is 905 g/mol. The van der Waals surface area contributed by atoms with E-state index in [1.807, 2.05) is 60.7 Å². The van der Waals surface area contributed by atoms with Gasteiger partial charge in [-0.1, -0.05) is 164 Å². The highest BCUT2D eigenvalue weighted by Crippen LogP contribution is 2.60. The Morgan fingerprint density at radius 2 is 0.672 bits per heavy atom. The molecule has 0 saturated carbocycles. The van der Waals surface area contributed by atoms with Crippen molar-refractivity contribution in [3.8, 4) is 67.5 Å². The predicted octanol–water partition coefficient (Wildman–Crippen LogP) is 13.3. The van der Waals surface area contributed by atoms with E-state index in [4.69, 9.17) is 9.05 Å². The van der Waals surface area contributed by atoms with E-state index in [9.17, 15) is 10.2 Å². The number of phenols is 2. The molecule has 10 heteroatoms. The zero-order valence-electron chi connectivity index (χ0n) is 34.3. The summed E-state index contributed by atoms with van der Waals surface area (Å²) in [5, 5.41) is 26.7. The van der Waals surface area contributed by atoms with Crippen LogP contribution in [0.1, 0.15) is 0 Å². The lowest BCUT2D eigenvalue weighted by atomic mass is 10.0. The van der Waals surface area contributed by atoms with Gasteiger partial charge in [0.15, 0.2) is 0 Å². The molecule has 0 amide bonds. The van der Waals surface area contributed by atoms with Crippen molar-refractivity contribution in [3.05, 3.63) is 218 Å². The molecule has 11 rings (SSSR count). The van der Waals surface area contributed by atoms with E-state index in [2.05, 4.69) is 154 Å². The Morgan fingerprint density at radius 3 is 1.11 bits per heavy atom. The Bertz CT molecular complexity index is 2970. The third-order valence-electron chi connectivity index (χ3n) is 11.3. The summed E-state index contributed by atoms with van der Waals surface area (Å²) in [6, 6.07) is 74.4. The largest absolute Gasteiger partial charge is 0.507 e. The monoisotopic (exact) mass is 904 g/mol. The van der Waals surface area contributed by atoms with Gasteiger partial charge in [-0.3, -0.25) is 8.88 Å². The first-order valence-electron chi connectivity index (χ1n) is 20.9. The van der Waals surface area contributed by atoms with E-state index >= 15 is 0 Å². The van der Waals surface area contributed by atoms with Gasteiger partial charge < -0.3 is 19.3 Å². The number of hydrogen-bond acceptors (Lipinski definition) is 6. The smallest absolute Gasteiger partial charge is 0.229 e. The van der Waals surface area contributed by atoms with Gasteiger partial charge in [-0.25, -0.2) is 0 Å². The van der Waals surface area contributed by atoms with Gasteiger partial charge in [-0.2, -0.15) is 0 Å². The Kier molecular flexibility index (Phi) is 11.1. The molecular weight excluding hydrogens is 864 g/mol. The van der Waals surface area contributed by atoms with Crippen molar-refractivity contribution < 1.29 is 19.3 Å². The van der Waals surface area contributed by atoms with Gasteiger partial charge in [-0.05, 0) is 76.9 Å². The van der Waals surface area contributed by atoms with Crippen molar-refractivity contribution in [2.75, 3.05) is 8.88 Å². The highest BCUT2D eigenvalue weighted by Gasteiger charge is 2.36. The lowest BCUT2D eigenvalue weighted by Crippen LogP contribution is -2.26. The third-order valence-corrected chi connectivity index (χ3v) is 18.8. The first-order valence-corrected chi connectivity index (χ1v) is 25.2. The molecular formula is C54H40N2O4P4. The SMILES string of the molecule is Oc1ccccc1-c1ccccc1PN(c1cccc(N(Pc2ccccc2-c2ccccc2O)P2Oc3ccccc3-c3ccccc32)c1)P1Oc2ccccc2-c2ccccc21. The molecule has 0 saturated heterocycles. The molecule has 9 aromatic rings. The maximum atomic E-state index is 11.1. The summed E-state index contributed by atoms with van der Waals surface area (Å²) >= 11 is 0. The van der Waals surface area contributed by atoms with Crippen molar-refractivity contribution >= 4 is 66.7 Å². The number of aromatic hydroxyl groups is 2. The summed E-state index contributed by atoms with van der Waals surface area (Å²) in [7, 11) is -2.60. The highest BCUT2D eigenvalue weighted by atomic mass is 31.2. The van der Waals surface area contributed by atoms with E-state index in [1.54, 1.807) is 12.1 Å². The molecule has 2 heterocycles. The van der Waals surface area contributed by atoms with Crippen LogP contribution >= 0.6 is 34.1 Å². The second kappa shape index (κ2) is 17.6. The third kappa shape index (κ3) is 7.58. The molecule has 0 spiro atoms. The van der Waals surface area contributed by atoms with Crippen molar-refractivity contribution in [2.24, 2.45) is 0 Å². The summed E-state index contributed by atoms with van der Waals surface area (Å²) in [6.45, 7) is 0. The van der Waals surface area contributed by atoms with Gasteiger partial charge in [0.2, 0.25) is 16.6 Å². The maximum absolute atomic E-state index is 11.1. The first-order chi connectivity index (χ1) is 31.6. The fourth-order valence-corrected chi connectivity index (χ4v) is 16.0. The minimum Gasteiger partial charge on any atom is -0.507 e. The van der Waals surface area contributed by atoms with E-state index in [1.165, 1.54) is 0 Å². The summed E-state index contributed by atoms with van der Waals surface area (Å²) in [5.74, 6) is 2.19. The second-order valence-electron chi connectivity index (χ2n) is 15.2. The quantitative estimate of drug-likeness (QED) is 0.133. The molecule has 0 aromatic heterocycles. The van der Waals surface area contributed by atoms with Crippen LogP contribution in [0.25, 0.3) is 44.5 Å². The van der Waals surface area contributed by atoms with Crippen molar-refractivity contribution in [3.63, 3.8) is 0 Å². The standard InChI is InChI=1S/C54H40N2O4P4/c57-47-28-9-1-20-39(47)43-24-5-13-32-51(43)61-55(63-53-34-15-7-26-45(53)41-22-3-11-30-49(41)59-63)37-18-17-19-38(36-37)56(62-52-33-14-6-25-44(52)40-21-2-10-29-48(40)58)64-54-35-16-8-27-46(54)42-23-4-12-31-50(42)60-64/h1-36,57-58,61-62H. The molecule has 310 valence electrons. The molecule has 2 N–H and O–H groups in total. The minimum atomic E-state index is -1.42. The lowest BCUT2D eigenvalue weighted by molar-refractivity contribution is 0.477. The summed E-state index contributed by atoms with van der Waals surface area (Å²) in [5.41, 5.74) is 9.98. The molecule has 0 aliphatic carbocycles. The number of rotatable bonds is 10. The number of para-hydroxylation sites is 4. The highest BCUT2D eigenvalue weighted by molar-refractivity contribution is 7.76. The maximum Gasteiger partial charge on any atom is 0.229 e. The van der Waals surface area contributed by atoms with E-state index < -0.39 is 16.6 Å². The Balaban J connectivity index is 1.09. The molecule has 0 radical (unpaired) electrons. The predicted molar refractivity (Wildman–Crippen MR) is 273 cm³/mol. The molecule has 2 aliphatic rings. The normalized spacial score (nSPS) is 14.8. The van der Waals surface area contributed by atoms with Gasteiger partial charge in [0.05, 0.1) is 0 Å². The number of hydrogen-bond donors (Lipinski definition) is 2. The second-order valence-corrected chi connectivity index (χ2v) is 21.6. The minimum absolute atomic E-state index is 0.124. The summed E-state index contributed by atoms with van der Waals surface area (Å²) in [6.07, 6.45) is 0. The fraction of sp³-hybridized carbons (Fsp3) is 0. The van der Waals surface area contributed by atoms with Gasteiger partial charge in [-0.15, -0.1) is 0 Å². The lowest BCUT2D eigenvalue weighted by Gasteiger charge is -2.39. The molecule has 9 aromatic carbocycles. The zero-order chi connectivity index (χ0) is 43.0. The number of phenolic OH excluding ortho intramolecular Hbond substituents is 2. The van der Waals surface area contributed by atoms with Crippen LogP contribution < -0.4 is 39.1 Å². The van der Waals surface area contributed by atoms with Crippen molar-refractivity contribution in [1.82, 2.24) is 0 Å². The Hall–Kier alpha value is -6.50. The van der Waals surface area contributed by atoms with Gasteiger partial charge in [0.1, 0.15) is 23.0 Å². The topological polar surface area (TPSA) is 65.4 Å². The fourth-order valence-electron chi connectivity index (χ4n) is 8.30. The molecule has 2 aliphatic heterocycles. The number of anilines is 2. The Morgan fingerprint density at radius 1 is 0.328 bits per heavy atom. The van der Waals surface area contributed by atoms with Crippen LogP contribution in [0.4, 0.5) is 11.4 Å². The Labute approximate surface area is 378 Å². The van der Waals surface area contributed by atoms with E-state index in [0.29, 0.717) is 0 Å². The van der Waals surface area contributed by atoms with Crippen LogP contribution in [-0.2, 0) is 0 Å². The average Bonchev–Trinajstić information content (AvgIpc) is 3.35. The summed E-state index contributed by atoms with van der Waals surface area (Å²) in [4.78, 5) is 0. The van der Waals surface area contributed by atoms with Crippen molar-refractivity contribution in [1.29, 1.82) is 0 Å².